The smallest absolute Gasteiger partial charge is 0.129 e. The van der Waals surface area contributed by atoms with Crippen molar-refractivity contribution in [1.29, 1.82) is 0 Å². The van der Waals surface area contributed by atoms with Gasteiger partial charge >= 0.3 is 0 Å². The van der Waals surface area contributed by atoms with Crippen LogP contribution in [-0.2, 0) is 13.1 Å². The van der Waals surface area contributed by atoms with Crippen molar-refractivity contribution in [2.75, 3.05) is 31.1 Å². The molecule has 0 atom stereocenters. The molecule has 2 heterocycles. The molecule has 2 aliphatic rings. The van der Waals surface area contributed by atoms with Crippen LogP contribution in [0.4, 0.5) is 10.1 Å². The Bertz CT molecular complexity index is 777. The van der Waals surface area contributed by atoms with E-state index in [1.54, 1.807) is 6.07 Å². The number of likely N-dealkylation sites (tertiary alicyclic amines) is 1. The summed E-state index contributed by atoms with van der Waals surface area (Å²) in [5, 5.41) is 3.64. The van der Waals surface area contributed by atoms with Crippen molar-refractivity contribution in [3.63, 3.8) is 0 Å². The van der Waals surface area contributed by atoms with E-state index in [-0.39, 0.29) is 5.82 Å². The third-order valence-electron chi connectivity index (χ3n) is 6.18. The number of nitrogens with zero attached hydrogens (tertiary/aromatic N) is 2. The number of piperidine rings is 1. The summed E-state index contributed by atoms with van der Waals surface area (Å²) >= 11 is 0. The number of halogens is 1. The first kappa shape index (κ1) is 19.4. The average Bonchev–Trinajstić information content (AvgIpc) is 3.23. The summed E-state index contributed by atoms with van der Waals surface area (Å²) < 4.78 is 14.5. The Balaban J connectivity index is 1.30. The molecule has 150 valence electrons. The molecule has 3 nitrogen and oxygen atoms in total. The van der Waals surface area contributed by atoms with Crippen molar-refractivity contribution < 1.29 is 4.39 Å². The van der Waals surface area contributed by atoms with E-state index < -0.39 is 0 Å². The molecule has 0 spiro atoms. The highest BCUT2D eigenvalue weighted by Crippen LogP contribution is 2.27. The molecular formula is C24H32FN3. The minimum absolute atomic E-state index is 0.0752. The predicted molar refractivity (Wildman–Crippen MR) is 114 cm³/mol. The van der Waals surface area contributed by atoms with E-state index in [2.05, 4.69) is 52.4 Å². The van der Waals surface area contributed by atoms with E-state index in [4.69, 9.17) is 0 Å². The van der Waals surface area contributed by atoms with Crippen molar-refractivity contribution in [2.45, 2.75) is 51.7 Å². The molecule has 2 fully saturated rings. The van der Waals surface area contributed by atoms with Gasteiger partial charge in [0.05, 0.1) is 0 Å². The largest absolute Gasteiger partial charge is 0.371 e. The first-order chi connectivity index (χ1) is 13.7. The Labute approximate surface area is 168 Å². The van der Waals surface area contributed by atoms with E-state index in [1.165, 1.54) is 24.0 Å². The van der Waals surface area contributed by atoms with Crippen LogP contribution in [0.2, 0.25) is 0 Å². The Morgan fingerprint density at radius 2 is 1.75 bits per heavy atom. The van der Waals surface area contributed by atoms with Gasteiger partial charge in [-0.2, -0.15) is 0 Å². The Morgan fingerprint density at radius 1 is 1.00 bits per heavy atom. The molecule has 0 amide bonds. The summed E-state index contributed by atoms with van der Waals surface area (Å²) in [4.78, 5) is 4.87. The molecule has 2 aliphatic heterocycles. The van der Waals surface area contributed by atoms with Gasteiger partial charge in [-0.15, -0.1) is 0 Å². The second-order valence-corrected chi connectivity index (χ2v) is 8.35. The number of aryl methyl sites for hydroxylation is 1. The molecule has 0 saturated carbocycles. The lowest BCUT2D eigenvalue weighted by Gasteiger charge is -2.33. The molecule has 2 aromatic carbocycles. The first-order valence-electron chi connectivity index (χ1n) is 10.7. The maximum atomic E-state index is 14.5. The Kier molecular flexibility index (Phi) is 6.28. The van der Waals surface area contributed by atoms with Gasteiger partial charge in [-0.25, -0.2) is 4.39 Å². The summed E-state index contributed by atoms with van der Waals surface area (Å²) in [5.74, 6) is -0.0752. The van der Waals surface area contributed by atoms with E-state index >= 15 is 0 Å². The normalized spacial score (nSPS) is 18.7. The van der Waals surface area contributed by atoms with Crippen molar-refractivity contribution >= 4 is 5.69 Å². The van der Waals surface area contributed by atoms with Gasteiger partial charge in [0, 0.05) is 43.5 Å². The molecule has 2 aromatic rings. The van der Waals surface area contributed by atoms with Crippen LogP contribution in [0.25, 0.3) is 0 Å². The first-order valence-corrected chi connectivity index (χ1v) is 10.7. The summed E-state index contributed by atoms with van der Waals surface area (Å²) in [6.07, 6.45) is 4.67. The number of hydrogen-bond acceptors (Lipinski definition) is 3. The van der Waals surface area contributed by atoms with Crippen LogP contribution in [0, 0.1) is 12.7 Å². The van der Waals surface area contributed by atoms with E-state index in [0.717, 1.165) is 56.8 Å². The number of rotatable bonds is 6. The third-order valence-corrected chi connectivity index (χ3v) is 6.18. The lowest BCUT2D eigenvalue weighted by Crippen LogP contribution is -2.42. The van der Waals surface area contributed by atoms with Crippen LogP contribution < -0.4 is 10.2 Å². The van der Waals surface area contributed by atoms with Gasteiger partial charge in [0.15, 0.2) is 0 Å². The molecule has 1 N–H and O–H groups in total. The van der Waals surface area contributed by atoms with Gasteiger partial charge in [-0.3, -0.25) is 4.90 Å². The van der Waals surface area contributed by atoms with Gasteiger partial charge in [0.25, 0.3) is 0 Å². The quantitative estimate of drug-likeness (QED) is 0.795. The fourth-order valence-electron chi connectivity index (χ4n) is 4.59. The molecule has 0 aromatic heterocycles. The highest BCUT2D eigenvalue weighted by molar-refractivity contribution is 5.54. The van der Waals surface area contributed by atoms with Crippen LogP contribution in [0.15, 0.2) is 42.5 Å². The minimum atomic E-state index is -0.0752. The Morgan fingerprint density at radius 3 is 2.50 bits per heavy atom. The molecule has 0 bridgehead atoms. The second-order valence-electron chi connectivity index (χ2n) is 8.35. The monoisotopic (exact) mass is 381 g/mol. The van der Waals surface area contributed by atoms with Crippen LogP contribution in [-0.4, -0.2) is 37.1 Å². The average molecular weight is 382 g/mol. The SMILES string of the molecule is Cc1cccc(CN2CCC(NCc3c(F)cccc3N3CCCC3)CC2)c1. The molecule has 0 radical (unpaired) electrons. The van der Waals surface area contributed by atoms with Crippen LogP contribution in [0.5, 0.6) is 0 Å². The summed E-state index contributed by atoms with van der Waals surface area (Å²) in [6.45, 7) is 8.10. The van der Waals surface area contributed by atoms with Gasteiger partial charge in [0.2, 0.25) is 0 Å². The predicted octanol–water partition coefficient (Wildman–Crippen LogP) is 4.49. The summed E-state index contributed by atoms with van der Waals surface area (Å²) in [6, 6.07) is 14.8. The highest BCUT2D eigenvalue weighted by Gasteiger charge is 2.22. The van der Waals surface area contributed by atoms with Gasteiger partial charge < -0.3 is 10.2 Å². The highest BCUT2D eigenvalue weighted by atomic mass is 19.1. The third kappa shape index (κ3) is 4.73. The van der Waals surface area contributed by atoms with Crippen molar-refractivity contribution in [3.8, 4) is 0 Å². The fraction of sp³-hybridized carbons (Fsp3) is 0.500. The van der Waals surface area contributed by atoms with E-state index in [9.17, 15) is 4.39 Å². The zero-order valence-corrected chi connectivity index (χ0v) is 17.0. The van der Waals surface area contributed by atoms with Crippen LogP contribution >= 0.6 is 0 Å². The van der Waals surface area contributed by atoms with Crippen molar-refractivity contribution in [2.24, 2.45) is 0 Å². The summed E-state index contributed by atoms with van der Waals surface area (Å²) in [5.41, 5.74) is 4.65. The number of hydrogen-bond donors (Lipinski definition) is 1. The molecule has 28 heavy (non-hydrogen) atoms. The number of benzene rings is 2. The topological polar surface area (TPSA) is 18.5 Å². The maximum absolute atomic E-state index is 14.5. The van der Waals surface area contributed by atoms with Crippen LogP contribution in [0.3, 0.4) is 0 Å². The zero-order valence-electron chi connectivity index (χ0n) is 17.0. The standard InChI is InChI=1S/C24H32FN3/c1-19-6-4-7-20(16-19)18-27-14-10-21(11-15-27)26-17-22-23(25)8-5-9-24(22)28-12-2-3-13-28/h4-9,16,21,26H,2-3,10-15,17-18H2,1H3. The summed E-state index contributed by atoms with van der Waals surface area (Å²) in [7, 11) is 0. The molecular weight excluding hydrogens is 349 g/mol. The molecule has 0 aliphatic carbocycles. The number of nitrogens with one attached hydrogen (secondary N) is 1. The van der Waals surface area contributed by atoms with Gasteiger partial charge in [-0.1, -0.05) is 35.9 Å². The minimum Gasteiger partial charge on any atom is -0.371 e. The molecule has 2 saturated heterocycles. The maximum Gasteiger partial charge on any atom is 0.129 e. The molecule has 4 rings (SSSR count). The lowest BCUT2D eigenvalue weighted by atomic mass is 10.0. The zero-order chi connectivity index (χ0) is 19.3. The van der Waals surface area contributed by atoms with E-state index in [0.29, 0.717) is 12.6 Å². The lowest BCUT2D eigenvalue weighted by molar-refractivity contribution is 0.190. The molecule has 0 unspecified atom stereocenters. The van der Waals surface area contributed by atoms with Gasteiger partial charge in [0.1, 0.15) is 5.82 Å². The van der Waals surface area contributed by atoms with E-state index in [1.807, 2.05) is 6.07 Å². The van der Waals surface area contributed by atoms with Crippen molar-refractivity contribution in [3.05, 3.63) is 65.0 Å². The number of anilines is 1. The molecule has 4 heteroatoms. The van der Waals surface area contributed by atoms with Crippen molar-refractivity contribution in [1.82, 2.24) is 10.2 Å². The Hall–Kier alpha value is -1.91. The second kappa shape index (κ2) is 9.06. The fourth-order valence-corrected chi connectivity index (χ4v) is 4.59. The van der Waals surface area contributed by atoms with Gasteiger partial charge in [-0.05, 0) is 63.4 Å². The van der Waals surface area contributed by atoms with Crippen LogP contribution in [0.1, 0.15) is 42.4 Å².